The molecule has 8 nitrogen and oxygen atoms in total. The lowest BCUT2D eigenvalue weighted by Crippen LogP contribution is -2.53. The lowest BCUT2D eigenvalue weighted by Gasteiger charge is -2.33. The van der Waals surface area contributed by atoms with Crippen LogP contribution in [0.3, 0.4) is 0 Å². The number of rotatable bonds is 11. The van der Waals surface area contributed by atoms with E-state index in [4.69, 9.17) is 4.74 Å². The number of nitrogens with one attached hydrogen (secondary N) is 1. The van der Waals surface area contributed by atoms with Gasteiger partial charge in [0.15, 0.2) is 0 Å². The number of carbonyl (C=O) groups excluding carboxylic acids is 2. The van der Waals surface area contributed by atoms with Crippen LogP contribution in [0.1, 0.15) is 61.3 Å². The zero-order valence-electron chi connectivity index (χ0n) is 25.8. The molecule has 1 aliphatic rings. The van der Waals surface area contributed by atoms with Crippen molar-refractivity contribution < 1.29 is 22.7 Å². The maximum atomic E-state index is 14.3. The van der Waals surface area contributed by atoms with Crippen LogP contribution in [0, 0.1) is 20.8 Å². The van der Waals surface area contributed by atoms with Gasteiger partial charge >= 0.3 is 0 Å². The number of hydrogen-bond donors (Lipinski definition) is 1. The third-order valence-electron chi connectivity index (χ3n) is 8.05. The fourth-order valence-corrected chi connectivity index (χ4v) is 6.92. The average Bonchev–Trinajstić information content (AvgIpc) is 2.99. The van der Waals surface area contributed by atoms with Crippen molar-refractivity contribution in [2.45, 2.75) is 83.3 Å². The Morgan fingerprint density at radius 2 is 1.56 bits per heavy atom. The smallest absolute Gasteiger partial charge is 0.264 e. The molecule has 0 spiro atoms. The molecule has 230 valence electrons. The van der Waals surface area contributed by atoms with E-state index in [0.29, 0.717) is 5.75 Å². The molecule has 9 heteroatoms. The first kappa shape index (κ1) is 32.1. The number of methoxy groups -OCH3 is 1. The van der Waals surface area contributed by atoms with Crippen LogP contribution in [0.2, 0.25) is 0 Å². The van der Waals surface area contributed by atoms with Gasteiger partial charge in [-0.25, -0.2) is 8.42 Å². The van der Waals surface area contributed by atoms with Crippen LogP contribution in [-0.4, -0.2) is 50.9 Å². The van der Waals surface area contributed by atoms with Crippen molar-refractivity contribution in [3.63, 3.8) is 0 Å². The summed E-state index contributed by atoms with van der Waals surface area (Å²) in [7, 11) is -2.73. The van der Waals surface area contributed by atoms with E-state index in [-0.39, 0.29) is 29.1 Å². The van der Waals surface area contributed by atoms with Crippen LogP contribution >= 0.6 is 0 Å². The topological polar surface area (TPSA) is 96.0 Å². The van der Waals surface area contributed by atoms with Gasteiger partial charge in [-0.05, 0) is 75.9 Å². The van der Waals surface area contributed by atoms with E-state index in [0.717, 1.165) is 58.7 Å². The molecule has 1 N–H and O–H groups in total. The Morgan fingerprint density at radius 1 is 0.907 bits per heavy atom. The van der Waals surface area contributed by atoms with E-state index in [1.165, 1.54) is 24.1 Å². The molecule has 0 saturated heterocycles. The molecule has 0 bridgehead atoms. The number of carbonyl (C=O) groups is 2. The predicted molar refractivity (Wildman–Crippen MR) is 170 cm³/mol. The molecule has 0 unspecified atom stereocenters. The van der Waals surface area contributed by atoms with E-state index in [9.17, 15) is 18.0 Å². The molecule has 3 aromatic carbocycles. The van der Waals surface area contributed by atoms with E-state index < -0.39 is 28.5 Å². The monoisotopic (exact) mass is 605 g/mol. The second-order valence-electron chi connectivity index (χ2n) is 11.5. The van der Waals surface area contributed by atoms with Crippen molar-refractivity contribution in [3.05, 3.63) is 89.0 Å². The number of anilines is 1. The van der Waals surface area contributed by atoms with Gasteiger partial charge in [0.05, 0.1) is 17.7 Å². The number of ether oxygens (including phenoxy) is 1. The van der Waals surface area contributed by atoms with E-state index >= 15 is 0 Å². The summed E-state index contributed by atoms with van der Waals surface area (Å²) in [6.07, 6.45) is 5.12. The highest BCUT2D eigenvalue weighted by atomic mass is 32.2. The summed E-state index contributed by atoms with van der Waals surface area (Å²) < 4.78 is 35.0. The predicted octanol–water partition coefficient (Wildman–Crippen LogP) is 5.68. The fraction of sp³-hybridized carbons (Fsp3) is 0.412. The Morgan fingerprint density at radius 3 is 2.21 bits per heavy atom. The lowest BCUT2D eigenvalue weighted by molar-refractivity contribution is -0.139. The van der Waals surface area contributed by atoms with E-state index in [1.807, 2.05) is 51.1 Å². The Hall–Kier alpha value is -3.85. The second-order valence-corrected chi connectivity index (χ2v) is 13.4. The number of benzene rings is 3. The first-order valence-corrected chi connectivity index (χ1v) is 16.3. The summed E-state index contributed by atoms with van der Waals surface area (Å²) in [5.41, 5.74) is 3.86. The highest BCUT2D eigenvalue weighted by Gasteiger charge is 2.34. The third-order valence-corrected chi connectivity index (χ3v) is 9.82. The number of amides is 2. The van der Waals surface area contributed by atoms with E-state index in [1.54, 1.807) is 31.2 Å². The maximum absolute atomic E-state index is 14.3. The van der Waals surface area contributed by atoms with Crippen molar-refractivity contribution in [3.8, 4) is 5.75 Å². The molecule has 3 aromatic rings. The quantitative estimate of drug-likeness (QED) is 0.303. The van der Waals surface area contributed by atoms with Crippen molar-refractivity contribution >= 4 is 27.5 Å². The lowest BCUT2D eigenvalue weighted by atomic mass is 9.95. The fourth-order valence-electron chi connectivity index (χ4n) is 5.50. The summed E-state index contributed by atoms with van der Waals surface area (Å²) in [6, 6.07) is 18.7. The van der Waals surface area contributed by atoms with Crippen LogP contribution in [0.25, 0.3) is 0 Å². The summed E-state index contributed by atoms with van der Waals surface area (Å²) in [6.45, 7) is 7.05. The molecule has 2 amide bonds. The molecule has 43 heavy (non-hydrogen) atoms. The molecular weight excluding hydrogens is 562 g/mol. The Balaban J connectivity index is 1.73. The van der Waals surface area contributed by atoms with E-state index in [2.05, 4.69) is 5.32 Å². The molecule has 0 aromatic heterocycles. The van der Waals surface area contributed by atoms with Gasteiger partial charge in [0, 0.05) is 12.6 Å². The molecule has 4 rings (SSSR count). The van der Waals surface area contributed by atoms with Crippen LogP contribution in [0.15, 0.2) is 71.6 Å². The Bertz CT molecular complexity index is 1530. The van der Waals surface area contributed by atoms with Crippen LogP contribution < -0.4 is 14.4 Å². The molecular formula is C34H43N3O5S. The van der Waals surface area contributed by atoms with Gasteiger partial charge in [-0.1, -0.05) is 72.9 Å². The van der Waals surface area contributed by atoms with Gasteiger partial charge in [0.2, 0.25) is 11.8 Å². The minimum absolute atomic E-state index is 0.0581. The van der Waals surface area contributed by atoms with Gasteiger partial charge in [-0.3, -0.25) is 13.9 Å². The minimum atomic E-state index is -4.19. The molecule has 0 radical (unpaired) electrons. The van der Waals surface area contributed by atoms with Crippen LogP contribution in [0.5, 0.6) is 5.75 Å². The van der Waals surface area contributed by atoms with Crippen molar-refractivity contribution in [2.24, 2.45) is 0 Å². The molecule has 1 saturated carbocycles. The third kappa shape index (κ3) is 7.96. The SMILES string of the molecule is COc1ccc(C)cc1N(CC(=O)N(Cc1cccc(C)c1)[C@@H](C)C(=O)NC1CCCCC1)S(=O)(=O)c1ccc(C)cc1. The molecule has 1 aliphatic carbocycles. The van der Waals surface area contributed by atoms with Crippen molar-refractivity contribution in [1.82, 2.24) is 10.2 Å². The van der Waals surface area contributed by atoms with Crippen LogP contribution in [0.4, 0.5) is 5.69 Å². The number of sulfonamides is 1. The number of hydrogen-bond acceptors (Lipinski definition) is 5. The van der Waals surface area contributed by atoms with Gasteiger partial charge in [-0.15, -0.1) is 0 Å². The van der Waals surface area contributed by atoms with Gasteiger partial charge in [0.1, 0.15) is 18.3 Å². The summed E-state index contributed by atoms with van der Waals surface area (Å²) in [5, 5.41) is 3.14. The summed E-state index contributed by atoms with van der Waals surface area (Å²) in [5.74, 6) is -0.413. The van der Waals surface area contributed by atoms with Gasteiger partial charge < -0.3 is 15.0 Å². The zero-order valence-corrected chi connectivity index (χ0v) is 26.6. The van der Waals surface area contributed by atoms with Crippen molar-refractivity contribution in [1.29, 1.82) is 0 Å². The maximum Gasteiger partial charge on any atom is 0.264 e. The van der Waals surface area contributed by atoms with Gasteiger partial charge in [0.25, 0.3) is 10.0 Å². The highest BCUT2D eigenvalue weighted by Crippen LogP contribution is 2.34. The van der Waals surface area contributed by atoms with Crippen molar-refractivity contribution in [2.75, 3.05) is 18.0 Å². The normalized spacial score (nSPS) is 14.5. The first-order valence-electron chi connectivity index (χ1n) is 14.9. The molecule has 1 fully saturated rings. The standard InChI is InChI=1S/C34H43N3O5S/c1-24-14-17-30(18-15-24)43(40,41)37(31-21-26(3)16-19-32(31)42-5)23-33(38)36(22-28-11-9-10-25(2)20-28)27(4)34(39)35-29-12-7-6-8-13-29/h9-11,14-21,27,29H,6-8,12-13,22-23H2,1-5H3,(H,35,39)/t27-/m0/s1. The largest absolute Gasteiger partial charge is 0.495 e. The highest BCUT2D eigenvalue weighted by molar-refractivity contribution is 7.92. The molecule has 0 heterocycles. The first-order chi connectivity index (χ1) is 20.5. The zero-order chi connectivity index (χ0) is 31.1. The molecule has 1 atom stereocenters. The summed E-state index contributed by atoms with van der Waals surface area (Å²) in [4.78, 5) is 29.3. The Labute approximate surface area is 256 Å². The number of nitrogens with zero attached hydrogens (tertiary/aromatic N) is 2. The summed E-state index contributed by atoms with van der Waals surface area (Å²) >= 11 is 0. The van der Waals surface area contributed by atoms with Gasteiger partial charge in [-0.2, -0.15) is 0 Å². The molecule has 0 aliphatic heterocycles. The number of aryl methyl sites for hydroxylation is 3. The minimum Gasteiger partial charge on any atom is -0.495 e. The van der Waals surface area contributed by atoms with Crippen LogP contribution in [-0.2, 0) is 26.2 Å². The Kier molecular flexibility index (Phi) is 10.5. The average molecular weight is 606 g/mol. The second kappa shape index (κ2) is 14.1.